The van der Waals surface area contributed by atoms with Crippen molar-refractivity contribution in [3.8, 4) is 0 Å². The summed E-state index contributed by atoms with van der Waals surface area (Å²) in [6.07, 6.45) is 0. The Bertz CT molecular complexity index is 725. The topological polar surface area (TPSA) is 38.7 Å². The molecular weight excluding hydrogens is 351 g/mol. The molecular formula is C18H18N3P3. The van der Waals surface area contributed by atoms with Crippen molar-refractivity contribution < 1.29 is 0 Å². The maximum absolute atomic E-state index is 4.98. The molecule has 0 N–H and O–H groups in total. The Morgan fingerprint density at radius 3 is 0.875 bits per heavy atom. The van der Waals surface area contributed by atoms with Gasteiger partial charge in [0.1, 0.15) is 0 Å². The highest BCUT2D eigenvalue weighted by Crippen LogP contribution is 2.32. The minimum atomic E-state index is -0.527. The first-order valence-corrected chi connectivity index (χ1v) is 13.1. The molecule has 0 saturated carbocycles. The second kappa shape index (κ2) is 6.57. The smallest absolute Gasteiger partial charge is 0.0697 e. The van der Waals surface area contributed by atoms with Crippen LogP contribution >= 0.6 is 23.8 Å². The lowest BCUT2D eigenvalue weighted by atomic mass is 10.5. The van der Waals surface area contributed by atoms with E-state index in [4.69, 9.17) is 15.0 Å². The molecule has 24 heavy (non-hydrogen) atoms. The van der Waals surface area contributed by atoms with Gasteiger partial charge in [-0.25, -0.2) is 15.0 Å². The van der Waals surface area contributed by atoms with Crippen LogP contribution < -0.4 is 32.6 Å². The molecule has 120 valence electrons. The minimum absolute atomic E-state index is 0.527. The van der Waals surface area contributed by atoms with Crippen LogP contribution in [0.1, 0.15) is 0 Å². The maximum Gasteiger partial charge on any atom is 0.0697 e. The SMILES string of the molecule is CP1c2cccc(n2)P(C)c2cccc(n2)P(C)c2cccc1n2. The zero-order valence-electron chi connectivity index (χ0n) is 13.9. The summed E-state index contributed by atoms with van der Waals surface area (Å²) in [6.45, 7) is 6.77. The summed E-state index contributed by atoms with van der Waals surface area (Å²) in [5, 5.41) is 0. The van der Waals surface area contributed by atoms with Crippen LogP contribution in [0.25, 0.3) is 0 Å². The third kappa shape index (κ3) is 2.91. The second-order valence-electron chi connectivity index (χ2n) is 5.74. The lowest BCUT2D eigenvalue weighted by Crippen LogP contribution is -2.30. The van der Waals surface area contributed by atoms with Crippen molar-refractivity contribution in [2.75, 3.05) is 20.0 Å². The molecule has 1 aliphatic rings. The van der Waals surface area contributed by atoms with E-state index in [9.17, 15) is 0 Å². The molecule has 3 aromatic heterocycles. The minimum Gasteiger partial charge on any atom is -0.248 e. The van der Waals surface area contributed by atoms with Gasteiger partial charge >= 0.3 is 0 Å². The summed E-state index contributed by atoms with van der Waals surface area (Å²) in [5.41, 5.74) is 6.91. The molecule has 4 heterocycles. The van der Waals surface area contributed by atoms with Gasteiger partial charge in [0.25, 0.3) is 0 Å². The van der Waals surface area contributed by atoms with Crippen LogP contribution in [0.2, 0.25) is 0 Å². The Labute approximate surface area is 146 Å². The van der Waals surface area contributed by atoms with Gasteiger partial charge in [0.05, 0.1) is 32.6 Å². The quantitative estimate of drug-likeness (QED) is 0.562. The van der Waals surface area contributed by atoms with Crippen molar-refractivity contribution in [2.24, 2.45) is 0 Å². The number of hydrogen-bond acceptors (Lipinski definition) is 3. The van der Waals surface area contributed by atoms with Gasteiger partial charge in [-0.3, -0.25) is 0 Å². The summed E-state index contributed by atoms with van der Waals surface area (Å²) in [4.78, 5) is 14.9. The zero-order chi connectivity index (χ0) is 16.7. The molecule has 3 aromatic rings. The van der Waals surface area contributed by atoms with E-state index in [1.165, 1.54) is 0 Å². The predicted octanol–water partition coefficient (Wildman–Crippen LogP) is 1.37. The molecule has 6 heteroatoms. The molecule has 1 aliphatic heterocycles. The van der Waals surface area contributed by atoms with Crippen molar-refractivity contribution in [3.05, 3.63) is 54.6 Å². The lowest BCUT2D eigenvalue weighted by molar-refractivity contribution is 1.41. The fourth-order valence-electron chi connectivity index (χ4n) is 2.71. The summed E-state index contributed by atoms with van der Waals surface area (Å²) < 4.78 is 0. The summed E-state index contributed by atoms with van der Waals surface area (Å²) in [7, 11) is -1.58. The molecule has 0 saturated heterocycles. The summed E-state index contributed by atoms with van der Waals surface area (Å²) in [5.74, 6) is 0. The maximum atomic E-state index is 4.98. The summed E-state index contributed by atoms with van der Waals surface area (Å²) >= 11 is 0. The third-order valence-electron chi connectivity index (χ3n) is 4.22. The van der Waals surface area contributed by atoms with Gasteiger partial charge in [-0.05, 0) is 80.2 Å². The van der Waals surface area contributed by atoms with Crippen molar-refractivity contribution in [2.45, 2.75) is 0 Å². The first kappa shape index (κ1) is 16.2. The van der Waals surface area contributed by atoms with Crippen LogP contribution in [-0.4, -0.2) is 34.9 Å². The molecule has 0 unspecified atom stereocenters. The van der Waals surface area contributed by atoms with E-state index in [2.05, 4.69) is 74.6 Å². The van der Waals surface area contributed by atoms with Crippen molar-refractivity contribution in [1.82, 2.24) is 15.0 Å². The molecule has 3 nitrogen and oxygen atoms in total. The van der Waals surface area contributed by atoms with Crippen molar-refractivity contribution in [3.63, 3.8) is 0 Å². The lowest BCUT2D eigenvalue weighted by Gasteiger charge is -2.20. The van der Waals surface area contributed by atoms with Crippen LogP contribution in [0.5, 0.6) is 0 Å². The van der Waals surface area contributed by atoms with Gasteiger partial charge in [-0.1, -0.05) is 18.2 Å². The van der Waals surface area contributed by atoms with E-state index in [-0.39, 0.29) is 0 Å². The molecule has 6 bridgehead atoms. The number of rotatable bonds is 0. The monoisotopic (exact) mass is 369 g/mol. The summed E-state index contributed by atoms with van der Waals surface area (Å²) in [6, 6.07) is 19.2. The first-order chi connectivity index (χ1) is 11.6. The van der Waals surface area contributed by atoms with E-state index < -0.39 is 23.8 Å². The Balaban J connectivity index is 1.98. The largest absolute Gasteiger partial charge is 0.248 e. The number of pyridine rings is 3. The number of fused-ring (bicyclic) bond motifs is 6. The van der Waals surface area contributed by atoms with Gasteiger partial charge in [0.2, 0.25) is 0 Å². The average molecular weight is 369 g/mol. The Hall–Kier alpha value is -1.26. The van der Waals surface area contributed by atoms with E-state index in [0.29, 0.717) is 0 Å². The number of aromatic nitrogens is 3. The van der Waals surface area contributed by atoms with Crippen LogP contribution in [0.15, 0.2) is 54.6 Å². The first-order valence-electron chi connectivity index (χ1n) is 7.76. The van der Waals surface area contributed by atoms with Gasteiger partial charge in [-0.15, -0.1) is 0 Å². The fourth-order valence-corrected chi connectivity index (χ4v) is 7.05. The van der Waals surface area contributed by atoms with E-state index in [1.54, 1.807) is 0 Å². The third-order valence-corrected chi connectivity index (χ3v) is 9.84. The Morgan fingerprint density at radius 1 is 0.458 bits per heavy atom. The molecule has 0 atom stereocenters. The van der Waals surface area contributed by atoms with Crippen LogP contribution in [0.3, 0.4) is 0 Å². The van der Waals surface area contributed by atoms with Crippen molar-refractivity contribution >= 4 is 56.4 Å². The molecule has 0 spiro atoms. The van der Waals surface area contributed by atoms with E-state index in [0.717, 1.165) is 32.6 Å². The van der Waals surface area contributed by atoms with E-state index >= 15 is 0 Å². The molecule has 0 radical (unpaired) electrons. The second-order valence-corrected chi connectivity index (χ2v) is 11.8. The standard InChI is InChI=1S/C18H18N3P3/c1-22-13-7-4-9-15(19-13)23(2)17-11-6-12-18(21-17)24(3)16-10-5-8-14(22)20-16/h4-12H,1-3H3. The molecule has 4 rings (SSSR count). The van der Waals surface area contributed by atoms with Gasteiger partial charge in [0.15, 0.2) is 0 Å². The molecule has 0 aliphatic carbocycles. The number of nitrogens with zero attached hydrogens (tertiary/aromatic N) is 3. The Kier molecular flexibility index (Phi) is 4.44. The van der Waals surface area contributed by atoms with Crippen LogP contribution in [0.4, 0.5) is 0 Å². The fraction of sp³-hybridized carbons (Fsp3) is 0.167. The van der Waals surface area contributed by atoms with E-state index in [1.807, 2.05) is 0 Å². The molecule has 0 aromatic carbocycles. The van der Waals surface area contributed by atoms with Crippen LogP contribution in [-0.2, 0) is 0 Å². The van der Waals surface area contributed by atoms with Crippen LogP contribution in [0, 0.1) is 0 Å². The van der Waals surface area contributed by atoms with Gasteiger partial charge in [-0.2, -0.15) is 0 Å². The highest BCUT2D eigenvalue weighted by atomic mass is 31.1. The molecule has 0 amide bonds. The zero-order valence-corrected chi connectivity index (χ0v) is 16.6. The highest BCUT2D eigenvalue weighted by Gasteiger charge is 2.20. The van der Waals surface area contributed by atoms with Gasteiger partial charge in [0, 0.05) is 0 Å². The van der Waals surface area contributed by atoms with Gasteiger partial charge < -0.3 is 0 Å². The normalized spacial score (nSPS) is 22.4. The molecule has 0 fully saturated rings. The highest BCUT2D eigenvalue weighted by molar-refractivity contribution is 7.74. The Morgan fingerprint density at radius 2 is 0.667 bits per heavy atom. The predicted molar refractivity (Wildman–Crippen MR) is 109 cm³/mol. The average Bonchev–Trinajstić information content (AvgIpc) is 2.66. The van der Waals surface area contributed by atoms with Crippen molar-refractivity contribution in [1.29, 1.82) is 0 Å². The number of hydrogen-bond donors (Lipinski definition) is 0.